The van der Waals surface area contributed by atoms with Crippen LogP contribution >= 0.6 is 0 Å². The molecule has 128 valence electrons. The van der Waals surface area contributed by atoms with Crippen molar-refractivity contribution >= 4 is 11.9 Å². The van der Waals surface area contributed by atoms with Crippen LogP contribution in [0, 0.1) is 11.3 Å². The summed E-state index contributed by atoms with van der Waals surface area (Å²) in [6.45, 7) is 6.50. The highest BCUT2D eigenvalue weighted by Crippen LogP contribution is 2.47. The number of unbranched alkanes of at least 4 members (excludes halogenated alkanes) is 2. The summed E-state index contributed by atoms with van der Waals surface area (Å²) in [5.41, 5.74) is -0.673. The maximum absolute atomic E-state index is 12.8. The third-order valence-corrected chi connectivity index (χ3v) is 4.81. The van der Waals surface area contributed by atoms with Crippen LogP contribution in [-0.2, 0) is 19.1 Å². The maximum Gasteiger partial charge on any atom is 0.312 e. The van der Waals surface area contributed by atoms with E-state index in [1.807, 2.05) is 6.92 Å². The number of esters is 2. The highest BCUT2D eigenvalue weighted by atomic mass is 16.5. The number of hydrogen-bond donors (Lipinski definition) is 0. The summed E-state index contributed by atoms with van der Waals surface area (Å²) in [6, 6.07) is 0. The molecule has 0 aliphatic heterocycles. The number of rotatable bonds is 10. The number of ether oxygens (including phenoxy) is 2. The van der Waals surface area contributed by atoms with Crippen LogP contribution in [0.15, 0.2) is 0 Å². The molecule has 0 aromatic carbocycles. The largest absolute Gasteiger partial charge is 0.466 e. The van der Waals surface area contributed by atoms with Crippen LogP contribution in [0.25, 0.3) is 0 Å². The molecule has 4 nitrogen and oxygen atoms in total. The summed E-state index contributed by atoms with van der Waals surface area (Å²) < 4.78 is 10.5. The zero-order valence-electron chi connectivity index (χ0n) is 14.5. The first kappa shape index (κ1) is 19.0. The second-order valence-electron chi connectivity index (χ2n) is 6.30. The normalized spacial score (nSPS) is 18.0. The Morgan fingerprint density at radius 3 is 2.18 bits per heavy atom. The van der Waals surface area contributed by atoms with Gasteiger partial charge in [0.05, 0.1) is 25.0 Å². The first-order valence-corrected chi connectivity index (χ1v) is 8.93. The van der Waals surface area contributed by atoms with Gasteiger partial charge in [0.15, 0.2) is 0 Å². The van der Waals surface area contributed by atoms with Gasteiger partial charge in [0.1, 0.15) is 0 Å². The van der Waals surface area contributed by atoms with Gasteiger partial charge in [-0.15, -0.1) is 0 Å². The van der Waals surface area contributed by atoms with Crippen LogP contribution in [0.4, 0.5) is 0 Å². The SMILES string of the molecule is CCCCCC(CC(=O)OCC)(C(=O)OCC)C1CCCC1. The molecule has 0 N–H and O–H groups in total. The Bertz CT molecular complexity index is 347. The van der Waals surface area contributed by atoms with Gasteiger partial charge in [0.25, 0.3) is 0 Å². The van der Waals surface area contributed by atoms with Crippen LogP contribution in [0.1, 0.15) is 78.6 Å². The van der Waals surface area contributed by atoms with Crippen molar-refractivity contribution in [2.75, 3.05) is 13.2 Å². The topological polar surface area (TPSA) is 52.6 Å². The van der Waals surface area contributed by atoms with Gasteiger partial charge in [-0.2, -0.15) is 0 Å². The van der Waals surface area contributed by atoms with E-state index in [2.05, 4.69) is 6.92 Å². The molecule has 4 heteroatoms. The van der Waals surface area contributed by atoms with Crippen LogP contribution in [0.2, 0.25) is 0 Å². The van der Waals surface area contributed by atoms with E-state index in [4.69, 9.17) is 9.47 Å². The van der Waals surface area contributed by atoms with Crippen molar-refractivity contribution in [2.24, 2.45) is 11.3 Å². The summed E-state index contributed by atoms with van der Waals surface area (Å²) in [5, 5.41) is 0. The molecule has 0 heterocycles. The van der Waals surface area contributed by atoms with E-state index in [1.165, 1.54) is 0 Å². The van der Waals surface area contributed by atoms with E-state index in [0.29, 0.717) is 13.2 Å². The Labute approximate surface area is 134 Å². The van der Waals surface area contributed by atoms with Gasteiger partial charge in [-0.1, -0.05) is 39.0 Å². The van der Waals surface area contributed by atoms with Crippen LogP contribution in [0.5, 0.6) is 0 Å². The molecule has 1 fully saturated rings. The smallest absolute Gasteiger partial charge is 0.312 e. The van der Waals surface area contributed by atoms with Gasteiger partial charge in [0.2, 0.25) is 0 Å². The van der Waals surface area contributed by atoms with E-state index < -0.39 is 5.41 Å². The molecule has 0 aromatic heterocycles. The molecule has 1 rings (SSSR count). The van der Waals surface area contributed by atoms with Crippen molar-refractivity contribution in [1.82, 2.24) is 0 Å². The molecular weight excluding hydrogens is 280 g/mol. The minimum absolute atomic E-state index is 0.175. The number of carbonyl (C=O) groups excluding carboxylic acids is 2. The van der Waals surface area contributed by atoms with Crippen LogP contribution in [0.3, 0.4) is 0 Å². The van der Waals surface area contributed by atoms with Crippen LogP contribution < -0.4 is 0 Å². The van der Waals surface area contributed by atoms with E-state index in [9.17, 15) is 9.59 Å². The molecular formula is C18H32O4. The number of hydrogen-bond acceptors (Lipinski definition) is 4. The summed E-state index contributed by atoms with van der Waals surface area (Å²) in [7, 11) is 0. The van der Waals surface area contributed by atoms with E-state index in [1.54, 1.807) is 6.92 Å². The lowest BCUT2D eigenvalue weighted by molar-refractivity contribution is -0.167. The van der Waals surface area contributed by atoms with Gasteiger partial charge in [-0.3, -0.25) is 9.59 Å². The fraction of sp³-hybridized carbons (Fsp3) is 0.889. The molecule has 1 atom stereocenters. The molecule has 0 amide bonds. The fourth-order valence-corrected chi connectivity index (χ4v) is 3.69. The van der Waals surface area contributed by atoms with Gasteiger partial charge < -0.3 is 9.47 Å². The van der Waals surface area contributed by atoms with Gasteiger partial charge in [-0.05, 0) is 39.0 Å². The average Bonchev–Trinajstić information content (AvgIpc) is 3.01. The molecule has 1 saturated carbocycles. The first-order chi connectivity index (χ1) is 10.6. The van der Waals surface area contributed by atoms with E-state index in [0.717, 1.165) is 51.4 Å². The molecule has 0 aromatic rings. The summed E-state index contributed by atoms with van der Waals surface area (Å²) in [4.78, 5) is 24.9. The van der Waals surface area contributed by atoms with Crippen molar-refractivity contribution < 1.29 is 19.1 Å². The van der Waals surface area contributed by atoms with Crippen molar-refractivity contribution in [3.05, 3.63) is 0 Å². The summed E-state index contributed by atoms with van der Waals surface area (Å²) in [5.74, 6) is -0.196. The van der Waals surface area contributed by atoms with Crippen molar-refractivity contribution in [3.8, 4) is 0 Å². The Morgan fingerprint density at radius 1 is 1.00 bits per heavy atom. The first-order valence-electron chi connectivity index (χ1n) is 8.93. The van der Waals surface area contributed by atoms with Crippen molar-refractivity contribution in [2.45, 2.75) is 78.6 Å². The second-order valence-corrected chi connectivity index (χ2v) is 6.30. The Morgan fingerprint density at radius 2 is 1.64 bits per heavy atom. The molecule has 0 spiro atoms. The Kier molecular flexibility index (Phi) is 8.51. The van der Waals surface area contributed by atoms with Gasteiger partial charge >= 0.3 is 11.9 Å². The Hall–Kier alpha value is -1.06. The van der Waals surface area contributed by atoms with E-state index in [-0.39, 0.29) is 24.3 Å². The molecule has 1 aliphatic carbocycles. The minimum Gasteiger partial charge on any atom is -0.466 e. The second kappa shape index (κ2) is 9.86. The third-order valence-electron chi connectivity index (χ3n) is 4.81. The standard InChI is InChI=1S/C18H32O4/c1-4-7-10-13-18(17(20)22-6-3,14-16(19)21-5-2)15-11-8-9-12-15/h15H,4-14H2,1-3H3. The van der Waals surface area contributed by atoms with Crippen molar-refractivity contribution in [1.29, 1.82) is 0 Å². The minimum atomic E-state index is -0.673. The molecule has 0 radical (unpaired) electrons. The van der Waals surface area contributed by atoms with Crippen molar-refractivity contribution in [3.63, 3.8) is 0 Å². The quantitative estimate of drug-likeness (QED) is 0.447. The maximum atomic E-state index is 12.8. The zero-order chi connectivity index (χ0) is 16.4. The predicted octanol–water partition coefficient (Wildman–Crippen LogP) is 4.26. The van der Waals surface area contributed by atoms with E-state index >= 15 is 0 Å². The zero-order valence-corrected chi connectivity index (χ0v) is 14.5. The molecule has 22 heavy (non-hydrogen) atoms. The lowest BCUT2D eigenvalue weighted by Crippen LogP contribution is -2.41. The molecule has 0 bridgehead atoms. The molecule has 1 unspecified atom stereocenters. The van der Waals surface area contributed by atoms with Gasteiger partial charge in [0, 0.05) is 0 Å². The van der Waals surface area contributed by atoms with Gasteiger partial charge in [-0.25, -0.2) is 0 Å². The van der Waals surface area contributed by atoms with Crippen LogP contribution in [-0.4, -0.2) is 25.2 Å². The lowest BCUT2D eigenvalue weighted by Gasteiger charge is -2.36. The monoisotopic (exact) mass is 312 g/mol. The lowest BCUT2D eigenvalue weighted by atomic mass is 9.68. The summed E-state index contributed by atoms with van der Waals surface area (Å²) >= 11 is 0. The average molecular weight is 312 g/mol. The summed E-state index contributed by atoms with van der Waals surface area (Å²) in [6.07, 6.45) is 8.38. The third kappa shape index (κ3) is 4.99. The highest BCUT2D eigenvalue weighted by molar-refractivity contribution is 5.84. The highest BCUT2D eigenvalue weighted by Gasteiger charge is 2.48. The number of carbonyl (C=O) groups is 2. The predicted molar refractivity (Wildman–Crippen MR) is 86.4 cm³/mol. The fourth-order valence-electron chi connectivity index (χ4n) is 3.69. The molecule has 1 aliphatic rings. The molecule has 0 saturated heterocycles. The Balaban J connectivity index is 2.97.